The summed E-state index contributed by atoms with van der Waals surface area (Å²) in [6.45, 7) is 2.20. The van der Waals surface area contributed by atoms with E-state index in [1.54, 1.807) is 0 Å². The molecule has 0 radical (unpaired) electrons. The Hall–Kier alpha value is -3.33. The molecule has 0 N–H and O–H groups in total. The van der Waals surface area contributed by atoms with E-state index in [4.69, 9.17) is 4.74 Å². The molecule has 27 heavy (non-hydrogen) atoms. The van der Waals surface area contributed by atoms with Crippen LogP contribution in [0.15, 0.2) is 59.2 Å². The lowest BCUT2D eigenvalue weighted by atomic mass is 10.1. The molecule has 0 aliphatic carbocycles. The van der Waals surface area contributed by atoms with Crippen molar-refractivity contribution in [3.63, 3.8) is 0 Å². The lowest BCUT2D eigenvalue weighted by molar-refractivity contribution is -0.390. The number of pyridine rings is 1. The lowest BCUT2D eigenvalue weighted by Gasteiger charge is -2.05. The molecule has 0 fully saturated rings. The second-order valence-electron chi connectivity index (χ2n) is 5.68. The number of hydrogen-bond donors (Lipinski definition) is 0. The van der Waals surface area contributed by atoms with E-state index in [9.17, 15) is 14.9 Å². The van der Waals surface area contributed by atoms with Crippen molar-refractivity contribution >= 4 is 23.1 Å². The van der Waals surface area contributed by atoms with E-state index >= 15 is 0 Å². The maximum Gasteiger partial charge on any atom is 0.406 e. The molecule has 0 saturated carbocycles. The zero-order valence-corrected chi connectivity index (χ0v) is 15.3. The van der Waals surface area contributed by atoms with Gasteiger partial charge in [-0.2, -0.15) is 4.99 Å². The summed E-state index contributed by atoms with van der Waals surface area (Å²) in [5, 5.41) is 12.8. The minimum atomic E-state index is -0.661. The van der Waals surface area contributed by atoms with Gasteiger partial charge in [-0.1, -0.05) is 29.8 Å². The van der Waals surface area contributed by atoms with Crippen LogP contribution in [0, 0.1) is 17.0 Å². The summed E-state index contributed by atoms with van der Waals surface area (Å²) in [5.74, 6) is -1.03. The van der Waals surface area contributed by atoms with Crippen LogP contribution >= 0.6 is 11.3 Å². The van der Waals surface area contributed by atoms with Crippen LogP contribution in [0.3, 0.4) is 0 Å². The predicted octanol–water partition coefficient (Wildman–Crippen LogP) is 2.72. The van der Waals surface area contributed by atoms with Crippen LogP contribution in [-0.4, -0.2) is 27.0 Å². The van der Waals surface area contributed by atoms with Gasteiger partial charge in [0.2, 0.25) is 5.75 Å². The SMILES string of the molecule is Cc1ccc(Cn2ccsc2=NC(=O)COc2cccnc2[N+](=O)[O-])cc1. The molecule has 0 spiro atoms. The van der Waals surface area contributed by atoms with Crippen molar-refractivity contribution in [2.45, 2.75) is 13.5 Å². The van der Waals surface area contributed by atoms with Gasteiger partial charge in [-0.05, 0) is 34.5 Å². The molecule has 0 unspecified atom stereocenters. The molecule has 0 aliphatic heterocycles. The maximum atomic E-state index is 12.1. The Morgan fingerprint density at radius 3 is 2.85 bits per heavy atom. The van der Waals surface area contributed by atoms with Gasteiger partial charge in [-0.3, -0.25) is 4.79 Å². The van der Waals surface area contributed by atoms with Gasteiger partial charge >= 0.3 is 5.82 Å². The molecule has 0 atom stereocenters. The normalized spacial score (nSPS) is 11.4. The third kappa shape index (κ3) is 4.85. The third-order valence-corrected chi connectivity index (χ3v) is 4.42. The predicted molar refractivity (Wildman–Crippen MR) is 99.5 cm³/mol. The first-order chi connectivity index (χ1) is 13.0. The van der Waals surface area contributed by atoms with E-state index in [-0.39, 0.29) is 5.75 Å². The highest BCUT2D eigenvalue weighted by Gasteiger charge is 2.16. The van der Waals surface area contributed by atoms with E-state index in [0.29, 0.717) is 11.3 Å². The topological polar surface area (TPSA) is 99.6 Å². The van der Waals surface area contributed by atoms with Gasteiger partial charge in [-0.25, -0.2) is 0 Å². The van der Waals surface area contributed by atoms with Crippen LogP contribution in [0.1, 0.15) is 11.1 Å². The third-order valence-electron chi connectivity index (χ3n) is 3.63. The summed E-state index contributed by atoms with van der Waals surface area (Å²) in [5.41, 5.74) is 2.27. The standard InChI is InChI=1S/C18H16N4O4S/c1-13-4-6-14(7-5-13)11-21-9-10-27-18(21)20-16(23)12-26-15-3-2-8-19-17(15)22(24)25/h2-10H,11-12H2,1H3. The Morgan fingerprint density at radius 1 is 1.33 bits per heavy atom. The number of aromatic nitrogens is 2. The van der Waals surface area contributed by atoms with E-state index < -0.39 is 23.3 Å². The summed E-state index contributed by atoms with van der Waals surface area (Å²) in [7, 11) is 0. The van der Waals surface area contributed by atoms with Crippen LogP contribution in [0.25, 0.3) is 0 Å². The molecular weight excluding hydrogens is 368 g/mol. The Morgan fingerprint density at radius 2 is 2.11 bits per heavy atom. The molecular formula is C18H16N4O4S. The van der Waals surface area contributed by atoms with Gasteiger partial charge in [0.15, 0.2) is 11.4 Å². The van der Waals surface area contributed by atoms with Gasteiger partial charge in [0, 0.05) is 18.1 Å². The van der Waals surface area contributed by atoms with Gasteiger partial charge in [0.25, 0.3) is 5.91 Å². The van der Waals surface area contributed by atoms with Crippen molar-refractivity contribution in [3.8, 4) is 5.75 Å². The van der Waals surface area contributed by atoms with Gasteiger partial charge in [-0.15, -0.1) is 11.3 Å². The Bertz CT molecular complexity index is 1020. The highest BCUT2D eigenvalue weighted by molar-refractivity contribution is 7.07. The van der Waals surface area contributed by atoms with Crippen molar-refractivity contribution in [1.29, 1.82) is 0 Å². The van der Waals surface area contributed by atoms with Crippen molar-refractivity contribution in [2.24, 2.45) is 4.99 Å². The van der Waals surface area contributed by atoms with E-state index in [2.05, 4.69) is 9.98 Å². The molecule has 3 rings (SSSR count). The largest absolute Gasteiger partial charge is 0.475 e. The molecule has 3 aromatic rings. The zero-order valence-electron chi connectivity index (χ0n) is 14.4. The quantitative estimate of drug-likeness (QED) is 0.480. The average Bonchev–Trinajstić information content (AvgIpc) is 3.08. The average molecular weight is 384 g/mol. The summed E-state index contributed by atoms with van der Waals surface area (Å²) >= 11 is 1.33. The number of amides is 1. The number of carbonyl (C=O) groups is 1. The molecule has 2 aromatic heterocycles. The number of thiazole rings is 1. The molecule has 1 amide bonds. The number of ether oxygens (including phenoxy) is 1. The Labute approximate surface area is 158 Å². The van der Waals surface area contributed by atoms with Crippen LogP contribution < -0.4 is 9.54 Å². The van der Waals surface area contributed by atoms with Crippen LogP contribution in [-0.2, 0) is 11.3 Å². The molecule has 0 aliphatic rings. The number of nitro groups is 1. The Kier molecular flexibility index (Phi) is 5.72. The number of aryl methyl sites for hydroxylation is 1. The minimum Gasteiger partial charge on any atom is -0.475 e. The molecule has 8 nitrogen and oxygen atoms in total. The summed E-state index contributed by atoms with van der Waals surface area (Å²) < 4.78 is 7.09. The smallest absolute Gasteiger partial charge is 0.406 e. The number of carbonyl (C=O) groups excluding carboxylic acids is 1. The van der Waals surface area contributed by atoms with Gasteiger partial charge < -0.3 is 19.4 Å². The molecule has 2 heterocycles. The van der Waals surface area contributed by atoms with Crippen molar-refractivity contribution in [2.75, 3.05) is 6.61 Å². The fraction of sp³-hybridized carbons (Fsp3) is 0.167. The molecule has 138 valence electrons. The zero-order chi connectivity index (χ0) is 19.2. The van der Waals surface area contributed by atoms with E-state index in [1.165, 1.54) is 35.2 Å². The Balaban J connectivity index is 1.70. The molecule has 0 bridgehead atoms. The van der Waals surface area contributed by atoms with Crippen LogP contribution in [0.5, 0.6) is 5.75 Å². The second-order valence-corrected chi connectivity index (χ2v) is 6.55. The first-order valence-electron chi connectivity index (χ1n) is 8.02. The van der Waals surface area contributed by atoms with Crippen molar-refractivity contribution in [1.82, 2.24) is 9.55 Å². The van der Waals surface area contributed by atoms with Crippen molar-refractivity contribution in [3.05, 3.63) is 80.2 Å². The van der Waals surface area contributed by atoms with E-state index in [0.717, 1.165) is 5.56 Å². The number of benzene rings is 1. The maximum absolute atomic E-state index is 12.1. The van der Waals surface area contributed by atoms with Gasteiger partial charge in [0.1, 0.15) is 6.20 Å². The molecule has 0 saturated heterocycles. The summed E-state index contributed by atoms with van der Waals surface area (Å²) in [6.07, 6.45) is 3.14. The summed E-state index contributed by atoms with van der Waals surface area (Å²) in [6, 6.07) is 11.0. The fourth-order valence-corrected chi connectivity index (χ4v) is 3.05. The van der Waals surface area contributed by atoms with Crippen molar-refractivity contribution < 1.29 is 14.5 Å². The summed E-state index contributed by atoms with van der Waals surface area (Å²) in [4.78, 5) is 30.6. The lowest BCUT2D eigenvalue weighted by Crippen LogP contribution is -2.19. The monoisotopic (exact) mass is 384 g/mol. The first-order valence-corrected chi connectivity index (χ1v) is 8.90. The van der Waals surface area contributed by atoms with E-state index in [1.807, 2.05) is 47.3 Å². The van der Waals surface area contributed by atoms with Crippen LogP contribution in [0.4, 0.5) is 5.82 Å². The fourth-order valence-electron chi connectivity index (χ4n) is 2.31. The highest BCUT2D eigenvalue weighted by Crippen LogP contribution is 2.22. The highest BCUT2D eigenvalue weighted by atomic mass is 32.1. The number of rotatable bonds is 6. The molecule has 9 heteroatoms. The minimum absolute atomic E-state index is 0.0650. The number of hydrogen-bond acceptors (Lipinski definition) is 6. The first kappa shape index (κ1) is 18.5. The molecule has 1 aromatic carbocycles. The van der Waals surface area contributed by atoms with Crippen LogP contribution in [0.2, 0.25) is 0 Å². The van der Waals surface area contributed by atoms with Gasteiger partial charge in [0.05, 0.1) is 0 Å². The number of nitrogens with zero attached hydrogens (tertiary/aromatic N) is 4. The second kappa shape index (κ2) is 8.37.